The molecule has 9 heteroatoms. The lowest BCUT2D eigenvalue weighted by atomic mass is 10.2. The molecule has 0 radical (unpaired) electrons. The van der Waals surface area contributed by atoms with E-state index in [1.807, 2.05) is 12.3 Å². The second-order valence-corrected chi connectivity index (χ2v) is 7.94. The molecule has 0 fully saturated rings. The van der Waals surface area contributed by atoms with Crippen LogP contribution >= 0.6 is 46.1 Å². The quantitative estimate of drug-likeness (QED) is 0.592. The van der Waals surface area contributed by atoms with Crippen molar-refractivity contribution in [2.24, 2.45) is 0 Å². The van der Waals surface area contributed by atoms with Gasteiger partial charge < -0.3 is 9.26 Å². The summed E-state index contributed by atoms with van der Waals surface area (Å²) in [7, 11) is 0. The van der Waals surface area contributed by atoms with E-state index in [1.54, 1.807) is 35.6 Å². The van der Waals surface area contributed by atoms with Crippen LogP contribution in [0, 0.1) is 6.92 Å². The number of rotatable bonds is 4. The third kappa shape index (κ3) is 4.14. The maximum Gasteiger partial charge on any atom is 0.279 e. The maximum atomic E-state index is 5.70. The molecule has 0 N–H and O–H groups in total. The molecular weight excluding hydrogens is 381 g/mol. The highest BCUT2D eigenvalue weighted by molar-refractivity contribution is 7.09. The van der Waals surface area contributed by atoms with Crippen LogP contribution in [0.4, 0.5) is 0 Å². The number of hydrogen-bond acceptors (Lipinski definition) is 6. The van der Waals surface area contributed by atoms with Gasteiger partial charge in [-0.2, -0.15) is 4.98 Å². The summed E-state index contributed by atoms with van der Waals surface area (Å²) in [6.07, 6.45) is 0. The van der Waals surface area contributed by atoms with Crippen LogP contribution in [0.1, 0.15) is 16.6 Å². The minimum absolute atomic E-state index is 0.0725. The van der Waals surface area contributed by atoms with E-state index in [1.165, 1.54) is 0 Å². The average Bonchev–Trinajstić information content (AvgIpc) is 3.14. The topological polar surface area (TPSA) is 61.0 Å². The fourth-order valence-corrected chi connectivity index (χ4v) is 2.62. The molecule has 1 aromatic carbocycles. The van der Waals surface area contributed by atoms with Crippen molar-refractivity contribution in [2.75, 3.05) is 0 Å². The fraction of sp³-hybridized carbons (Fsp3) is 0.214. The Balaban J connectivity index is 1.68. The lowest BCUT2D eigenvalue weighted by Gasteiger charge is -2.04. The number of halogens is 3. The Morgan fingerprint density at radius 3 is 2.48 bits per heavy atom. The summed E-state index contributed by atoms with van der Waals surface area (Å²) in [4.78, 5) is 8.39. The van der Waals surface area contributed by atoms with Crippen LogP contribution in [0.2, 0.25) is 0 Å². The van der Waals surface area contributed by atoms with Gasteiger partial charge in [0.2, 0.25) is 5.82 Å². The van der Waals surface area contributed by atoms with Gasteiger partial charge in [0.05, 0.1) is 10.7 Å². The second kappa shape index (κ2) is 6.65. The van der Waals surface area contributed by atoms with E-state index in [0.29, 0.717) is 18.2 Å². The minimum Gasteiger partial charge on any atom is -0.487 e. The highest BCUT2D eigenvalue weighted by atomic mass is 35.6. The number of aryl methyl sites for hydroxylation is 1. The Morgan fingerprint density at radius 1 is 1.17 bits per heavy atom. The van der Waals surface area contributed by atoms with Crippen molar-refractivity contribution in [1.29, 1.82) is 0 Å². The molecule has 0 bridgehead atoms. The molecule has 23 heavy (non-hydrogen) atoms. The highest BCUT2D eigenvalue weighted by Crippen LogP contribution is 2.37. The Hall–Kier alpha value is -1.34. The second-order valence-electron chi connectivity index (χ2n) is 4.59. The van der Waals surface area contributed by atoms with Crippen LogP contribution in [0.25, 0.3) is 11.4 Å². The lowest BCUT2D eigenvalue weighted by Crippen LogP contribution is -1.99. The maximum absolute atomic E-state index is 5.70. The van der Waals surface area contributed by atoms with Crippen molar-refractivity contribution in [3.8, 4) is 17.1 Å². The Kier molecular flexibility index (Phi) is 4.77. The SMILES string of the molecule is Cc1nc(COc2ccc(-c3noc(C(Cl)(Cl)Cl)n3)cc2)cs1. The van der Waals surface area contributed by atoms with Crippen LogP contribution < -0.4 is 4.74 Å². The predicted octanol–water partition coefficient (Wildman–Crippen LogP) is 4.91. The highest BCUT2D eigenvalue weighted by Gasteiger charge is 2.30. The molecule has 120 valence electrons. The third-order valence-electron chi connectivity index (χ3n) is 2.83. The van der Waals surface area contributed by atoms with Crippen molar-refractivity contribution < 1.29 is 9.26 Å². The van der Waals surface area contributed by atoms with Gasteiger partial charge in [-0.3, -0.25) is 0 Å². The number of nitrogens with zero attached hydrogens (tertiary/aromatic N) is 3. The molecule has 0 atom stereocenters. The first kappa shape index (κ1) is 16.5. The van der Waals surface area contributed by atoms with Gasteiger partial charge in [-0.05, 0) is 31.2 Å². The van der Waals surface area contributed by atoms with Crippen LogP contribution in [0.15, 0.2) is 34.2 Å². The molecule has 5 nitrogen and oxygen atoms in total. The van der Waals surface area contributed by atoms with Gasteiger partial charge in [0, 0.05) is 10.9 Å². The molecule has 3 aromatic rings. The van der Waals surface area contributed by atoms with E-state index >= 15 is 0 Å². The summed E-state index contributed by atoms with van der Waals surface area (Å²) < 4.78 is 8.86. The number of benzene rings is 1. The van der Waals surface area contributed by atoms with Gasteiger partial charge in [0.1, 0.15) is 12.4 Å². The van der Waals surface area contributed by atoms with Gasteiger partial charge in [-0.25, -0.2) is 4.98 Å². The minimum atomic E-state index is -1.74. The van der Waals surface area contributed by atoms with E-state index in [-0.39, 0.29) is 5.89 Å². The summed E-state index contributed by atoms with van der Waals surface area (Å²) >= 11 is 18.7. The smallest absolute Gasteiger partial charge is 0.279 e. The van der Waals surface area contributed by atoms with Crippen LogP contribution in [-0.4, -0.2) is 15.1 Å². The number of aromatic nitrogens is 3. The van der Waals surface area contributed by atoms with Gasteiger partial charge in [0.15, 0.2) is 0 Å². The van der Waals surface area contributed by atoms with Crippen molar-refractivity contribution >= 4 is 46.1 Å². The Morgan fingerprint density at radius 2 is 1.91 bits per heavy atom. The van der Waals surface area contributed by atoms with Crippen molar-refractivity contribution in [2.45, 2.75) is 17.3 Å². The van der Waals surface area contributed by atoms with Crippen LogP contribution in [0.5, 0.6) is 5.75 Å². The van der Waals surface area contributed by atoms with E-state index in [0.717, 1.165) is 16.3 Å². The largest absolute Gasteiger partial charge is 0.487 e. The molecule has 0 unspecified atom stereocenters. The molecule has 0 aliphatic rings. The Labute approximate surface area is 151 Å². The van der Waals surface area contributed by atoms with E-state index < -0.39 is 3.79 Å². The summed E-state index contributed by atoms with van der Waals surface area (Å²) in [6, 6.07) is 7.21. The molecule has 0 saturated heterocycles. The lowest BCUT2D eigenvalue weighted by molar-refractivity contribution is 0.302. The van der Waals surface area contributed by atoms with Gasteiger partial charge >= 0.3 is 0 Å². The van der Waals surface area contributed by atoms with Gasteiger partial charge in [0.25, 0.3) is 9.68 Å². The molecule has 0 aliphatic heterocycles. The standard InChI is InChI=1S/C14H10Cl3N3O2S/c1-8-18-10(7-23-8)6-21-11-4-2-9(3-5-11)12-19-13(22-20-12)14(15,16)17/h2-5,7H,6H2,1H3. The summed E-state index contributed by atoms with van der Waals surface area (Å²) in [5, 5.41) is 6.78. The first-order chi connectivity index (χ1) is 10.9. The number of thiazole rings is 1. The first-order valence-electron chi connectivity index (χ1n) is 6.47. The monoisotopic (exact) mass is 389 g/mol. The number of ether oxygens (including phenoxy) is 1. The number of alkyl halides is 3. The molecule has 3 rings (SSSR count). The van der Waals surface area contributed by atoms with E-state index in [2.05, 4.69) is 15.1 Å². The Bertz CT molecular complexity index is 796. The summed E-state index contributed by atoms with van der Waals surface area (Å²) in [6.45, 7) is 2.38. The normalized spacial score (nSPS) is 11.7. The predicted molar refractivity (Wildman–Crippen MR) is 90.2 cm³/mol. The van der Waals surface area contributed by atoms with E-state index in [4.69, 9.17) is 44.1 Å². The molecule has 2 aromatic heterocycles. The first-order valence-corrected chi connectivity index (χ1v) is 8.48. The molecule has 0 spiro atoms. The summed E-state index contributed by atoms with van der Waals surface area (Å²) in [5.74, 6) is 0.981. The van der Waals surface area contributed by atoms with Gasteiger partial charge in [-0.1, -0.05) is 40.0 Å². The van der Waals surface area contributed by atoms with Crippen molar-refractivity contribution in [3.05, 3.63) is 46.2 Å². The zero-order chi connectivity index (χ0) is 16.4. The molecule has 0 aliphatic carbocycles. The average molecular weight is 391 g/mol. The fourth-order valence-electron chi connectivity index (χ4n) is 1.79. The van der Waals surface area contributed by atoms with Gasteiger partial charge in [-0.15, -0.1) is 11.3 Å². The summed E-state index contributed by atoms with van der Waals surface area (Å²) in [5.41, 5.74) is 1.63. The zero-order valence-electron chi connectivity index (χ0n) is 11.8. The van der Waals surface area contributed by atoms with Crippen molar-refractivity contribution in [1.82, 2.24) is 15.1 Å². The molecule has 2 heterocycles. The van der Waals surface area contributed by atoms with Crippen LogP contribution in [-0.2, 0) is 10.4 Å². The number of hydrogen-bond donors (Lipinski definition) is 0. The van der Waals surface area contributed by atoms with E-state index in [9.17, 15) is 0 Å². The zero-order valence-corrected chi connectivity index (χ0v) is 14.9. The molecule has 0 amide bonds. The molecule has 0 saturated carbocycles. The third-order valence-corrected chi connectivity index (χ3v) is 4.14. The van der Waals surface area contributed by atoms with Crippen molar-refractivity contribution in [3.63, 3.8) is 0 Å². The molecular formula is C14H10Cl3N3O2S. The van der Waals surface area contributed by atoms with Crippen LogP contribution in [0.3, 0.4) is 0 Å².